The van der Waals surface area contributed by atoms with Gasteiger partial charge in [0.05, 0.1) is 0 Å². The van der Waals surface area contributed by atoms with Crippen LogP contribution in [-0.2, 0) is 4.79 Å². The summed E-state index contributed by atoms with van der Waals surface area (Å²) in [6, 6.07) is 10.7. The Morgan fingerprint density at radius 1 is 1.14 bits per heavy atom. The lowest BCUT2D eigenvalue weighted by atomic mass is 9.63. The van der Waals surface area contributed by atoms with Gasteiger partial charge in [0, 0.05) is 25.4 Å². The van der Waals surface area contributed by atoms with E-state index in [4.69, 9.17) is 0 Å². The fourth-order valence-electron chi connectivity index (χ4n) is 4.10. The maximum Gasteiger partial charge on any atom is 0.226 e. The number of carbonyl (C=O) groups excluding carboxylic acids is 1. The Bertz CT molecular complexity index is 534. The molecule has 1 aliphatic carbocycles. The van der Waals surface area contributed by atoms with Crippen molar-refractivity contribution in [3.63, 3.8) is 0 Å². The van der Waals surface area contributed by atoms with Gasteiger partial charge in [-0.15, -0.1) is 0 Å². The number of piperidine rings is 1. The third-order valence-corrected chi connectivity index (χ3v) is 5.29. The normalized spacial score (nSPS) is 32.4. The first kappa shape index (κ1) is 14.4. The Labute approximate surface area is 127 Å². The monoisotopic (exact) mass is 283 g/mol. The molecule has 3 rings (SSSR count). The van der Waals surface area contributed by atoms with Crippen LogP contribution in [0.5, 0.6) is 0 Å². The second kappa shape index (κ2) is 5.67. The van der Waals surface area contributed by atoms with E-state index in [1.54, 1.807) is 0 Å². The molecule has 2 nitrogen and oxygen atoms in total. The van der Waals surface area contributed by atoms with Gasteiger partial charge in [-0.1, -0.05) is 56.3 Å². The summed E-state index contributed by atoms with van der Waals surface area (Å²) in [5.74, 6) is 2.23. The number of carbonyl (C=O) groups is 1. The van der Waals surface area contributed by atoms with Crippen LogP contribution in [0.15, 0.2) is 42.5 Å². The summed E-state index contributed by atoms with van der Waals surface area (Å²) in [5, 5.41) is 0. The summed E-state index contributed by atoms with van der Waals surface area (Å²) in [6.45, 7) is 5.36. The number of allylic oxidation sites excluding steroid dienone is 2. The lowest BCUT2D eigenvalue weighted by Gasteiger charge is -2.46. The van der Waals surface area contributed by atoms with Crippen LogP contribution >= 0.6 is 0 Å². The molecular weight excluding hydrogens is 258 g/mol. The molecule has 1 aromatic rings. The minimum absolute atomic E-state index is 0.152. The highest BCUT2D eigenvalue weighted by Crippen LogP contribution is 2.46. The number of benzene rings is 1. The highest BCUT2D eigenvalue weighted by molar-refractivity contribution is 5.81. The average Bonchev–Trinajstić information content (AvgIpc) is 2.50. The first-order valence-corrected chi connectivity index (χ1v) is 8.08. The zero-order valence-corrected chi connectivity index (χ0v) is 13.2. The molecule has 1 aliphatic heterocycles. The molecule has 0 radical (unpaired) electrons. The van der Waals surface area contributed by atoms with Crippen LogP contribution in [0, 0.1) is 23.7 Å². The van der Waals surface area contributed by atoms with Gasteiger partial charge in [0.2, 0.25) is 5.91 Å². The van der Waals surface area contributed by atoms with Gasteiger partial charge in [-0.3, -0.25) is 4.79 Å². The maximum absolute atomic E-state index is 12.7. The van der Waals surface area contributed by atoms with E-state index in [0.717, 1.165) is 13.0 Å². The van der Waals surface area contributed by atoms with Crippen LogP contribution in [0.2, 0.25) is 0 Å². The first-order valence-electron chi connectivity index (χ1n) is 8.08. The van der Waals surface area contributed by atoms with E-state index >= 15 is 0 Å². The van der Waals surface area contributed by atoms with Crippen molar-refractivity contribution >= 4 is 5.91 Å². The fraction of sp³-hybridized carbons (Fsp3) is 0.526. The predicted molar refractivity (Wildman–Crippen MR) is 85.9 cm³/mol. The molecule has 1 saturated heterocycles. The van der Waals surface area contributed by atoms with Crippen molar-refractivity contribution < 1.29 is 4.79 Å². The first-order chi connectivity index (χ1) is 10.1. The third kappa shape index (κ3) is 2.52. The Hall–Kier alpha value is -1.57. The summed E-state index contributed by atoms with van der Waals surface area (Å²) < 4.78 is 0. The molecule has 0 bridgehead atoms. The maximum atomic E-state index is 12.7. The number of likely N-dealkylation sites (tertiary alicyclic amines) is 1. The van der Waals surface area contributed by atoms with Crippen LogP contribution in [0.3, 0.4) is 0 Å². The molecule has 1 aromatic carbocycles. The molecule has 1 heterocycles. The smallest absolute Gasteiger partial charge is 0.226 e. The molecule has 0 spiro atoms. The Kier molecular flexibility index (Phi) is 3.88. The van der Waals surface area contributed by atoms with Crippen molar-refractivity contribution in [2.24, 2.45) is 23.7 Å². The largest absolute Gasteiger partial charge is 0.345 e. The number of hydrogen-bond donors (Lipinski definition) is 0. The summed E-state index contributed by atoms with van der Waals surface area (Å²) in [7, 11) is 1.95. The van der Waals surface area contributed by atoms with Gasteiger partial charge < -0.3 is 4.90 Å². The molecule has 0 aromatic heterocycles. The summed E-state index contributed by atoms with van der Waals surface area (Å²) in [6.07, 6.45) is 5.78. The number of amides is 1. The van der Waals surface area contributed by atoms with Gasteiger partial charge in [-0.25, -0.2) is 0 Å². The average molecular weight is 283 g/mol. The van der Waals surface area contributed by atoms with Crippen molar-refractivity contribution in [2.75, 3.05) is 13.6 Å². The lowest BCUT2D eigenvalue weighted by molar-refractivity contribution is -0.143. The molecule has 0 saturated carbocycles. The molecule has 1 fully saturated rings. The molecule has 0 N–H and O–H groups in total. The Morgan fingerprint density at radius 2 is 1.86 bits per heavy atom. The lowest BCUT2D eigenvalue weighted by Crippen LogP contribution is -2.49. The summed E-state index contributed by atoms with van der Waals surface area (Å²) in [5.41, 5.74) is 1.35. The molecule has 0 unspecified atom stereocenters. The summed E-state index contributed by atoms with van der Waals surface area (Å²) >= 11 is 0. The van der Waals surface area contributed by atoms with Gasteiger partial charge in [0.1, 0.15) is 0 Å². The van der Waals surface area contributed by atoms with E-state index in [1.165, 1.54) is 5.56 Å². The molecule has 1 amide bonds. The Morgan fingerprint density at radius 3 is 2.52 bits per heavy atom. The molecule has 21 heavy (non-hydrogen) atoms. The van der Waals surface area contributed by atoms with Crippen LogP contribution in [0.1, 0.15) is 31.7 Å². The van der Waals surface area contributed by atoms with Crippen molar-refractivity contribution in [3.8, 4) is 0 Å². The summed E-state index contributed by atoms with van der Waals surface area (Å²) in [4.78, 5) is 14.7. The quantitative estimate of drug-likeness (QED) is 0.758. The second-order valence-electron chi connectivity index (χ2n) is 6.88. The number of nitrogens with zero attached hydrogens (tertiary/aromatic N) is 1. The molecule has 2 heteroatoms. The van der Waals surface area contributed by atoms with Crippen LogP contribution in [0.25, 0.3) is 0 Å². The third-order valence-electron chi connectivity index (χ3n) is 5.29. The Balaban J connectivity index is 1.99. The van der Waals surface area contributed by atoms with Gasteiger partial charge in [0.15, 0.2) is 0 Å². The van der Waals surface area contributed by atoms with Crippen LogP contribution in [-0.4, -0.2) is 24.4 Å². The highest BCUT2D eigenvalue weighted by Gasteiger charge is 2.45. The van der Waals surface area contributed by atoms with E-state index in [-0.39, 0.29) is 5.92 Å². The zero-order chi connectivity index (χ0) is 15.0. The van der Waals surface area contributed by atoms with Crippen LogP contribution < -0.4 is 0 Å². The van der Waals surface area contributed by atoms with E-state index < -0.39 is 0 Å². The minimum Gasteiger partial charge on any atom is -0.345 e. The van der Waals surface area contributed by atoms with E-state index in [1.807, 2.05) is 11.9 Å². The van der Waals surface area contributed by atoms with Crippen LogP contribution in [0.4, 0.5) is 0 Å². The van der Waals surface area contributed by atoms with Gasteiger partial charge >= 0.3 is 0 Å². The molecule has 2 aliphatic rings. The second-order valence-corrected chi connectivity index (χ2v) is 6.88. The van der Waals surface area contributed by atoms with Gasteiger partial charge in [0.25, 0.3) is 0 Å². The van der Waals surface area contributed by atoms with Gasteiger partial charge in [-0.05, 0) is 29.7 Å². The van der Waals surface area contributed by atoms with E-state index in [0.29, 0.717) is 29.6 Å². The molecule has 4 atom stereocenters. The predicted octanol–water partition coefficient (Wildman–Crippen LogP) is 3.71. The van der Waals surface area contributed by atoms with Crippen molar-refractivity contribution in [1.82, 2.24) is 4.90 Å². The minimum atomic E-state index is 0.152. The topological polar surface area (TPSA) is 20.3 Å². The fourth-order valence-corrected chi connectivity index (χ4v) is 4.10. The number of fused-ring (bicyclic) bond motifs is 1. The molecule has 112 valence electrons. The SMILES string of the molecule is CC(C)[C@@H]1C=C[C@H](c2ccccc2)[C@H]2CCN(C)C(=O)[C@@H]21. The number of hydrogen-bond acceptors (Lipinski definition) is 1. The van der Waals surface area contributed by atoms with Gasteiger partial charge in [-0.2, -0.15) is 0 Å². The van der Waals surface area contributed by atoms with E-state index in [9.17, 15) is 4.79 Å². The number of rotatable bonds is 2. The van der Waals surface area contributed by atoms with Crippen molar-refractivity contribution in [1.29, 1.82) is 0 Å². The van der Waals surface area contributed by atoms with E-state index in [2.05, 4.69) is 56.3 Å². The molecular formula is C19H25NO. The highest BCUT2D eigenvalue weighted by atomic mass is 16.2. The standard InChI is InChI=1S/C19H25NO/c1-13(2)15-9-10-16(14-7-5-4-6-8-14)17-11-12-20(3)19(21)18(15)17/h4-10,13,15-18H,11-12H2,1-3H3/t15-,16+,17+,18+/m0/s1. The zero-order valence-electron chi connectivity index (χ0n) is 13.2. The van der Waals surface area contributed by atoms with Crippen molar-refractivity contribution in [3.05, 3.63) is 48.0 Å². The van der Waals surface area contributed by atoms with Crippen molar-refractivity contribution in [2.45, 2.75) is 26.2 Å².